The lowest BCUT2D eigenvalue weighted by Crippen LogP contribution is -2.54. The molecule has 1 atom stereocenters. The summed E-state index contributed by atoms with van der Waals surface area (Å²) in [4.78, 5) is 13.4. The summed E-state index contributed by atoms with van der Waals surface area (Å²) in [5.74, 6) is -0.546. The van der Waals surface area contributed by atoms with Crippen molar-refractivity contribution in [1.29, 1.82) is 0 Å². The van der Waals surface area contributed by atoms with Crippen molar-refractivity contribution in [2.24, 2.45) is 5.73 Å². The summed E-state index contributed by atoms with van der Waals surface area (Å²) in [6.45, 7) is 5.10. The van der Waals surface area contributed by atoms with Gasteiger partial charge in [-0.2, -0.15) is 0 Å². The number of primary amides is 1. The summed E-state index contributed by atoms with van der Waals surface area (Å²) in [6, 6.07) is 5.21. The number of nitrogens with zero attached hydrogens (tertiary/aromatic N) is 1. The summed E-state index contributed by atoms with van der Waals surface area (Å²) in [7, 11) is 0. The number of anilines is 2. The minimum atomic E-state index is -0.546. The lowest BCUT2D eigenvalue weighted by molar-refractivity contribution is -0.101. The number of rotatable bonds is 3. The normalized spacial score (nSPS) is 21.8. The summed E-state index contributed by atoms with van der Waals surface area (Å²) in [5.41, 5.74) is 12.2. The van der Waals surface area contributed by atoms with Crippen LogP contribution < -0.4 is 16.4 Å². The fraction of sp³-hybridized carbons (Fsp3) is 0.500. The van der Waals surface area contributed by atoms with Crippen molar-refractivity contribution in [2.45, 2.75) is 25.6 Å². The van der Waals surface area contributed by atoms with Crippen LogP contribution in [0.4, 0.5) is 11.4 Å². The van der Waals surface area contributed by atoms with Gasteiger partial charge in [0.1, 0.15) is 0 Å². The number of carbonyl (C=O) groups is 1. The number of amides is 1. The van der Waals surface area contributed by atoms with E-state index in [9.17, 15) is 9.90 Å². The van der Waals surface area contributed by atoms with Crippen molar-refractivity contribution in [3.8, 4) is 0 Å². The predicted octanol–water partition coefficient (Wildman–Crippen LogP) is 0.344. The second kappa shape index (κ2) is 5.30. The topological polar surface area (TPSA) is 102 Å². The molecule has 0 radical (unpaired) electrons. The van der Waals surface area contributed by atoms with Gasteiger partial charge in [0.15, 0.2) is 0 Å². The number of benzene rings is 1. The van der Waals surface area contributed by atoms with Crippen LogP contribution in [0.25, 0.3) is 0 Å². The standard InChI is InChI=1S/C14H21N3O3/c1-14(2)8-17(6-10(7-18)20-14)9-3-4-12(15)11(5-9)13(16)19/h3-5,10,18H,6-8,15H2,1-2H3,(H2,16,19). The minimum absolute atomic E-state index is 0.0441. The number of aliphatic hydroxyl groups is 1. The molecule has 1 aromatic rings. The van der Waals surface area contributed by atoms with Crippen molar-refractivity contribution in [3.63, 3.8) is 0 Å². The van der Waals surface area contributed by atoms with Crippen LogP contribution in [0.1, 0.15) is 24.2 Å². The number of nitrogens with two attached hydrogens (primary N) is 2. The number of morpholine rings is 1. The van der Waals surface area contributed by atoms with E-state index in [1.165, 1.54) is 0 Å². The van der Waals surface area contributed by atoms with Crippen molar-refractivity contribution in [3.05, 3.63) is 23.8 Å². The lowest BCUT2D eigenvalue weighted by atomic mass is 10.0. The van der Waals surface area contributed by atoms with E-state index < -0.39 is 5.91 Å². The lowest BCUT2D eigenvalue weighted by Gasteiger charge is -2.43. The van der Waals surface area contributed by atoms with Gasteiger partial charge in [0.05, 0.1) is 23.9 Å². The molecular weight excluding hydrogens is 258 g/mol. The molecule has 1 unspecified atom stereocenters. The third-order valence-corrected chi connectivity index (χ3v) is 3.35. The van der Waals surface area contributed by atoms with Crippen molar-refractivity contribution < 1.29 is 14.6 Å². The Morgan fingerprint density at radius 2 is 2.25 bits per heavy atom. The van der Waals surface area contributed by atoms with Crippen LogP contribution in [0, 0.1) is 0 Å². The summed E-state index contributed by atoms with van der Waals surface area (Å²) in [6.07, 6.45) is -0.256. The Balaban J connectivity index is 2.30. The van der Waals surface area contributed by atoms with Gasteiger partial charge in [0.25, 0.3) is 5.91 Å². The largest absolute Gasteiger partial charge is 0.398 e. The Bertz CT molecular complexity index is 516. The number of hydrogen-bond donors (Lipinski definition) is 3. The van der Waals surface area contributed by atoms with Crippen LogP contribution in [0.3, 0.4) is 0 Å². The third kappa shape index (κ3) is 3.02. The second-order valence-corrected chi connectivity index (χ2v) is 5.70. The van der Waals surface area contributed by atoms with E-state index in [-0.39, 0.29) is 18.3 Å². The highest BCUT2D eigenvalue weighted by atomic mass is 16.5. The zero-order valence-electron chi connectivity index (χ0n) is 11.8. The third-order valence-electron chi connectivity index (χ3n) is 3.35. The van der Waals surface area contributed by atoms with Gasteiger partial charge < -0.3 is 26.2 Å². The highest BCUT2D eigenvalue weighted by molar-refractivity contribution is 5.99. The Morgan fingerprint density at radius 1 is 1.55 bits per heavy atom. The Hall–Kier alpha value is -1.79. The fourth-order valence-electron chi connectivity index (χ4n) is 2.54. The van der Waals surface area contributed by atoms with Crippen LogP contribution in [0.2, 0.25) is 0 Å². The van der Waals surface area contributed by atoms with E-state index in [1.807, 2.05) is 19.9 Å². The number of aliphatic hydroxyl groups excluding tert-OH is 1. The zero-order valence-corrected chi connectivity index (χ0v) is 11.8. The SMILES string of the molecule is CC1(C)CN(c2ccc(N)c(C(N)=O)c2)CC(CO)O1. The maximum atomic E-state index is 11.4. The monoisotopic (exact) mass is 279 g/mol. The number of hydrogen-bond acceptors (Lipinski definition) is 5. The van der Waals surface area contributed by atoms with Gasteiger partial charge in [-0.25, -0.2) is 0 Å². The molecule has 1 aliphatic rings. The van der Waals surface area contributed by atoms with Crippen LogP contribution >= 0.6 is 0 Å². The van der Waals surface area contributed by atoms with E-state index in [0.717, 1.165) is 5.69 Å². The molecule has 0 saturated carbocycles. The molecule has 1 fully saturated rings. The Morgan fingerprint density at radius 3 is 2.85 bits per heavy atom. The molecule has 0 aliphatic carbocycles. The van der Waals surface area contributed by atoms with Crippen molar-refractivity contribution >= 4 is 17.3 Å². The molecule has 0 bridgehead atoms. The van der Waals surface area contributed by atoms with E-state index in [1.54, 1.807) is 12.1 Å². The second-order valence-electron chi connectivity index (χ2n) is 5.70. The Kier molecular flexibility index (Phi) is 3.87. The van der Waals surface area contributed by atoms with E-state index >= 15 is 0 Å². The van der Waals surface area contributed by atoms with Gasteiger partial charge >= 0.3 is 0 Å². The van der Waals surface area contributed by atoms with Gasteiger partial charge in [-0.1, -0.05) is 0 Å². The summed E-state index contributed by atoms with van der Waals surface area (Å²) < 4.78 is 5.77. The van der Waals surface area contributed by atoms with Gasteiger partial charge in [0.2, 0.25) is 0 Å². The number of carbonyl (C=O) groups excluding carboxylic acids is 1. The molecule has 0 spiro atoms. The molecule has 1 aromatic carbocycles. The van der Waals surface area contributed by atoms with E-state index in [0.29, 0.717) is 24.3 Å². The molecule has 1 aliphatic heterocycles. The van der Waals surface area contributed by atoms with Gasteiger partial charge in [-0.05, 0) is 32.0 Å². The number of ether oxygens (including phenoxy) is 1. The first-order valence-electron chi connectivity index (χ1n) is 6.55. The molecular formula is C14H21N3O3. The zero-order chi connectivity index (χ0) is 14.9. The summed E-state index contributed by atoms with van der Waals surface area (Å²) in [5, 5.41) is 9.33. The Labute approximate surface area is 118 Å². The molecule has 20 heavy (non-hydrogen) atoms. The number of nitrogen functional groups attached to an aromatic ring is 1. The van der Waals surface area contributed by atoms with Gasteiger partial charge in [0, 0.05) is 24.5 Å². The first kappa shape index (κ1) is 14.6. The quantitative estimate of drug-likeness (QED) is 0.693. The molecule has 6 heteroatoms. The van der Waals surface area contributed by atoms with Crippen molar-refractivity contribution in [2.75, 3.05) is 30.3 Å². The van der Waals surface area contributed by atoms with Crippen molar-refractivity contribution in [1.82, 2.24) is 0 Å². The van der Waals surface area contributed by atoms with Crippen LogP contribution in [-0.2, 0) is 4.74 Å². The highest BCUT2D eigenvalue weighted by Crippen LogP contribution is 2.28. The molecule has 1 heterocycles. The molecule has 110 valence electrons. The predicted molar refractivity (Wildman–Crippen MR) is 77.6 cm³/mol. The minimum Gasteiger partial charge on any atom is -0.398 e. The molecule has 0 aromatic heterocycles. The van der Waals surface area contributed by atoms with Crippen LogP contribution in [-0.4, -0.2) is 42.4 Å². The first-order valence-corrected chi connectivity index (χ1v) is 6.55. The summed E-state index contributed by atoms with van der Waals surface area (Å²) >= 11 is 0. The van der Waals surface area contributed by atoms with Gasteiger partial charge in [-0.15, -0.1) is 0 Å². The highest BCUT2D eigenvalue weighted by Gasteiger charge is 2.33. The molecule has 2 rings (SSSR count). The average Bonchev–Trinajstić information content (AvgIpc) is 2.36. The maximum absolute atomic E-state index is 11.4. The molecule has 6 nitrogen and oxygen atoms in total. The first-order chi connectivity index (χ1) is 9.32. The molecule has 5 N–H and O–H groups in total. The van der Waals surface area contributed by atoms with Crippen LogP contribution in [0.5, 0.6) is 0 Å². The smallest absolute Gasteiger partial charge is 0.250 e. The molecule has 1 amide bonds. The average molecular weight is 279 g/mol. The van der Waals surface area contributed by atoms with E-state index in [4.69, 9.17) is 16.2 Å². The fourth-order valence-corrected chi connectivity index (χ4v) is 2.54. The van der Waals surface area contributed by atoms with E-state index in [2.05, 4.69) is 4.90 Å². The maximum Gasteiger partial charge on any atom is 0.250 e. The van der Waals surface area contributed by atoms with Gasteiger partial charge in [-0.3, -0.25) is 4.79 Å². The molecule has 1 saturated heterocycles. The van der Waals surface area contributed by atoms with Crippen LogP contribution in [0.15, 0.2) is 18.2 Å².